The van der Waals surface area contributed by atoms with E-state index in [9.17, 15) is 4.79 Å². The second kappa shape index (κ2) is 4.12. The molecular weight excluding hydrogens is 176 g/mol. The van der Waals surface area contributed by atoms with Crippen LogP contribution in [-0.4, -0.2) is 5.43 Å². The van der Waals surface area contributed by atoms with E-state index in [0.717, 1.165) is 0 Å². The molecule has 0 aromatic rings. The number of rotatable bonds is 1. The van der Waals surface area contributed by atoms with Crippen molar-refractivity contribution in [2.45, 2.75) is 6.92 Å². The number of carbonyl (C=O) groups excluding carboxylic acids is 1. The van der Waals surface area contributed by atoms with Gasteiger partial charge >= 0.3 is 5.43 Å². The maximum atomic E-state index is 10.4. The normalized spacial score (nSPS) is 21.5. The highest BCUT2D eigenvalue weighted by Crippen LogP contribution is 2.12. The SMILES string of the molecule is CC1C=CC=CC(OC(=O)Cl)=C1. The van der Waals surface area contributed by atoms with Gasteiger partial charge < -0.3 is 4.74 Å². The summed E-state index contributed by atoms with van der Waals surface area (Å²) < 4.78 is 4.70. The smallest absolute Gasteiger partial charge is 0.409 e. The van der Waals surface area contributed by atoms with E-state index in [4.69, 9.17) is 16.3 Å². The van der Waals surface area contributed by atoms with Crippen LogP contribution in [0.25, 0.3) is 0 Å². The minimum Gasteiger partial charge on any atom is -0.415 e. The summed E-state index contributed by atoms with van der Waals surface area (Å²) in [5.74, 6) is 0.749. The van der Waals surface area contributed by atoms with Gasteiger partial charge in [-0.3, -0.25) is 0 Å². The number of halogens is 1. The predicted molar refractivity (Wildman–Crippen MR) is 47.9 cm³/mol. The highest BCUT2D eigenvalue weighted by atomic mass is 35.5. The van der Waals surface area contributed by atoms with Crippen LogP contribution < -0.4 is 0 Å². The van der Waals surface area contributed by atoms with Crippen LogP contribution in [0.5, 0.6) is 0 Å². The Bertz CT molecular complexity index is 264. The lowest BCUT2D eigenvalue weighted by Gasteiger charge is -2.01. The van der Waals surface area contributed by atoms with Crippen LogP contribution in [0.2, 0.25) is 0 Å². The van der Waals surface area contributed by atoms with Crippen molar-refractivity contribution in [2.24, 2.45) is 5.92 Å². The molecule has 0 amide bonds. The topological polar surface area (TPSA) is 26.3 Å². The van der Waals surface area contributed by atoms with Gasteiger partial charge in [-0.2, -0.15) is 0 Å². The van der Waals surface area contributed by atoms with Gasteiger partial charge in [0.2, 0.25) is 0 Å². The molecule has 2 nitrogen and oxygen atoms in total. The summed E-state index contributed by atoms with van der Waals surface area (Å²) >= 11 is 5.06. The lowest BCUT2D eigenvalue weighted by atomic mass is 10.1. The van der Waals surface area contributed by atoms with Crippen molar-refractivity contribution in [3.63, 3.8) is 0 Å². The zero-order valence-electron chi connectivity index (χ0n) is 6.66. The molecule has 1 atom stereocenters. The zero-order valence-corrected chi connectivity index (χ0v) is 7.41. The number of hydrogen-bond acceptors (Lipinski definition) is 2. The average molecular weight is 185 g/mol. The third kappa shape index (κ3) is 2.93. The van der Waals surface area contributed by atoms with Gasteiger partial charge in [-0.05, 0) is 18.1 Å². The van der Waals surface area contributed by atoms with Crippen molar-refractivity contribution in [2.75, 3.05) is 0 Å². The van der Waals surface area contributed by atoms with Gasteiger partial charge in [-0.1, -0.05) is 25.2 Å². The van der Waals surface area contributed by atoms with Crippen molar-refractivity contribution >= 4 is 17.0 Å². The monoisotopic (exact) mass is 184 g/mol. The van der Waals surface area contributed by atoms with E-state index >= 15 is 0 Å². The van der Waals surface area contributed by atoms with Crippen LogP contribution in [0.3, 0.4) is 0 Å². The van der Waals surface area contributed by atoms with E-state index in [1.165, 1.54) is 0 Å². The summed E-state index contributed by atoms with van der Waals surface area (Å²) in [5.41, 5.74) is -0.806. The average Bonchev–Trinajstić information content (AvgIpc) is 2.12. The van der Waals surface area contributed by atoms with Crippen LogP contribution in [0.15, 0.2) is 36.1 Å². The maximum absolute atomic E-state index is 10.4. The third-order valence-corrected chi connectivity index (χ3v) is 1.49. The fourth-order valence-corrected chi connectivity index (χ4v) is 1.01. The maximum Gasteiger partial charge on any atom is 0.409 e. The number of hydrogen-bond donors (Lipinski definition) is 0. The van der Waals surface area contributed by atoms with E-state index in [0.29, 0.717) is 5.76 Å². The molecule has 0 aromatic heterocycles. The Kier molecular flexibility index (Phi) is 3.11. The van der Waals surface area contributed by atoms with Crippen LogP contribution in [0.1, 0.15) is 6.92 Å². The van der Waals surface area contributed by atoms with Crippen molar-refractivity contribution in [3.05, 3.63) is 36.1 Å². The molecule has 1 rings (SSSR count). The Labute approximate surface area is 76.2 Å². The first kappa shape index (κ1) is 9.07. The Morgan fingerprint density at radius 1 is 1.58 bits per heavy atom. The standard InChI is InChI=1S/C9H9ClO2/c1-7-4-2-3-5-8(6-7)12-9(10)11/h2-7H,1H3. The first-order valence-electron chi connectivity index (χ1n) is 3.62. The first-order valence-corrected chi connectivity index (χ1v) is 4.00. The second-order valence-corrected chi connectivity index (χ2v) is 2.82. The van der Waals surface area contributed by atoms with E-state index < -0.39 is 5.43 Å². The van der Waals surface area contributed by atoms with Gasteiger partial charge in [0.05, 0.1) is 0 Å². The highest BCUT2D eigenvalue weighted by molar-refractivity contribution is 6.61. The molecular formula is C9H9ClO2. The molecule has 0 heterocycles. The van der Waals surface area contributed by atoms with Gasteiger partial charge in [0, 0.05) is 11.6 Å². The zero-order chi connectivity index (χ0) is 8.97. The van der Waals surface area contributed by atoms with Crippen LogP contribution in [0.4, 0.5) is 4.79 Å². The molecule has 0 spiro atoms. The predicted octanol–water partition coefficient (Wildman–Crippen LogP) is 3.01. The molecule has 0 aromatic carbocycles. The molecule has 1 unspecified atom stereocenters. The largest absolute Gasteiger partial charge is 0.415 e. The summed E-state index contributed by atoms with van der Waals surface area (Å²) in [6, 6.07) is 0. The fraction of sp³-hybridized carbons (Fsp3) is 0.222. The van der Waals surface area contributed by atoms with E-state index in [2.05, 4.69) is 0 Å². The minimum absolute atomic E-state index is 0.256. The van der Waals surface area contributed by atoms with Crippen molar-refractivity contribution in [3.8, 4) is 0 Å². The highest BCUT2D eigenvalue weighted by Gasteiger charge is 2.03. The summed E-state index contributed by atoms with van der Waals surface area (Å²) in [6.07, 6.45) is 9.21. The molecule has 0 bridgehead atoms. The molecule has 64 valence electrons. The summed E-state index contributed by atoms with van der Waals surface area (Å²) in [6.45, 7) is 1.99. The third-order valence-electron chi connectivity index (χ3n) is 1.41. The van der Waals surface area contributed by atoms with Gasteiger partial charge in [-0.25, -0.2) is 4.79 Å². The fourth-order valence-electron chi connectivity index (χ4n) is 0.921. The van der Waals surface area contributed by atoms with Gasteiger partial charge in [0.25, 0.3) is 0 Å². The minimum atomic E-state index is -0.806. The lowest BCUT2D eigenvalue weighted by Crippen LogP contribution is -1.93. The summed E-state index contributed by atoms with van der Waals surface area (Å²) in [5, 5.41) is 0. The van der Waals surface area contributed by atoms with E-state index in [-0.39, 0.29) is 5.92 Å². The first-order chi connectivity index (χ1) is 5.68. The molecule has 0 N–H and O–H groups in total. The molecule has 1 aliphatic carbocycles. The van der Waals surface area contributed by atoms with Gasteiger partial charge in [0.15, 0.2) is 0 Å². The van der Waals surface area contributed by atoms with E-state index in [1.54, 1.807) is 12.2 Å². The molecule has 0 saturated heterocycles. The number of allylic oxidation sites excluding steroid dienone is 5. The van der Waals surface area contributed by atoms with Crippen LogP contribution in [0, 0.1) is 5.92 Å². The Morgan fingerprint density at radius 2 is 2.33 bits per heavy atom. The van der Waals surface area contributed by atoms with Crippen molar-refractivity contribution in [1.82, 2.24) is 0 Å². The van der Waals surface area contributed by atoms with Crippen molar-refractivity contribution < 1.29 is 9.53 Å². The molecule has 0 saturated carbocycles. The quantitative estimate of drug-likeness (QED) is 0.586. The Morgan fingerprint density at radius 3 is 3.00 bits per heavy atom. The molecule has 3 heteroatoms. The number of carbonyl (C=O) groups is 1. The lowest BCUT2D eigenvalue weighted by molar-refractivity contribution is 0.206. The molecule has 0 fully saturated rings. The molecule has 0 aliphatic heterocycles. The van der Waals surface area contributed by atoms with Crippen molar-refractivity contribution in [1.29, 1.82) is 0 Å². The Balaban J connectivity index is 2.70. The van der Waals surface area contributed by atoms with Gasteiger partial charge in [-0.15, -0.1) is 0 Å². The second-order valence-electron chi connectivity index (χ2n) is 2.51. The van der Waals surface area contributed by atoms with Gasteiger partial charge in [0.1, 0.15) is 5.76 Å². The molecule has 12 heavy (non-hydrogen) atoms. The van der Waals surface area contributed by atoms with Crippen LogP contribution in [-0.2, 0) is 4.74 Å². The Hall–Kier alpha value is -1.02. The molecule has 1 aliphatic rings. The number of ether oxygens (including phenoxy) is 1. The molecule has 0 radical (unpaired) electrons. The summed E-state index contributed by atoms with van der Waals surface area (Å²) in [4.78, 5) is 10.4. The van der Waals surface area contributed by atoms with E-state index in [1.807, 2.05) is 25.2 Å². The van der Waals surface area contributed by atoms with Crippen LogP contribution >= 0.6 is 11.6 Å². The summed E-state index contributed by atoms with van der Waals surface area (Å²) in [7, 11) is 0.